The molecular formula is C18H21N3O5. The predicted octanol–water partition coefficient (Wildman–Crippen LogP) is 1.46. The van der Waals surface area contributed by atoms with Crippen LogP contribution in [0.25, 0.3) is 0 Å². The van der Waals surface area contributed by atoms with Crippen molar-refractivity contribution in [2.75, 3.05) is 12.3 Å². The molecule has 1 aromatic carbocycles. The van der Waals surface area contributed by atoms with E-state index in [1.807, 2.05) is 0 Å². The number of nitrogens with two attached hydrogens (primary N) is 2. The molecule has 8 heteroatoms. The van der Waals surface area contributed by atoms with Gasteiger partial charge in [-0.1, -0.05) is 18.6 Å². The molecule has 0 saturated heterocycles. The average Bonchev–Trinajstić information content (AvgIpc) is 2.91. The number of amides is 3. The van der Waals surface area contributed by atoms with Crippen LogP contribution in [0.4, 0.5) is 10.5 Å². The summed E-state index contributed by atoms with van der Waals surface area (Å²) < 4.78 is 4.95. The second-order valence-corrected chi connectivity index (χ2v) is 5.92. The number of unbranched alkanes of at least 4 members (excludes halogenated alkanes) is 2. The van der Waals surface area contributed by atoms with E-state index in [9.17, 15) is 19.2 Å². The minimum atomic E-state index is -1.07. The molecule has 0 saturated carbocycles. The molecular weight excluding hydrogens is 338 g/mol. The molecule has 4 N–H and O–H groups in total. The van der Waals surface area contributed by atoms with Crippen LogP contribution in [0.1, 0.15) is 37.4 Å². The molecule has 0 spiro atoms. The quantitative estimate of drug-likeness (QED) is 0.389. The number of carbonyl (C=O) groups excluding carboxylic acids is 4. The zero-order valence-electron chi connectivity index (χ0n) is 14.2. The number of carbonyl (C=O) groups is 4. The van der Waals surface area contributed by atoms with Gasteiger partial charge in [0.15, 0.2) is 11.9 Å². The molecule has 0 aliphatic carbocycles. The monoisotopic (exact) mass is 359 g/mol. The maximum Gasteiger partial charge on any atom is 0.405 e. The van der Waals surface area contributed by atoms with Gasteiger partial charge in [0.2, 0.25) is 0 Å². The van der Waals surface area contributed by atoms with Crippen molar-refractivity contribution < 1.29 is 23.9 Å². The van der Waals surface area contributed by atoms with E-state index in [4.69, 9.17) is 16.2 Å². The highest BCUT2D eigenvalue weighted by Crippen LogP contribution is 2.22. The standard InChI is InChI=1S/C18H21N3O5/c19-13-7-5-12(6-8-13)17(26-18(20)25)14(22)4-2-1-3-11-21-15(23)9-10-16(21)24/h5-10,17H,1-4,11,19H2,(H2,20,25). The first-order chi connectivity index (χ1) is 12.4. The van der Waals surface area contributed by atoms with Crippen LogP contribution in [0.15, 0.2) is 36.4 Å². The van der Waals surface area contributed by atoms with Crippen molar-refractivity contribution in [2.24, 2.45) is 5.73 Å². The highest BCUT2D eigenvalue weighted by Gasteiger charge is 2.24. The molecule has 138 valence electrons. The van der Waals surface area contributed by atoms with Crippen LogP contribution in [0.3, 0.4) is 0 Å². The Balaban J connectivity index is 1.81. The van der Waals surface area contributed by atoms with Crippen LogP contribution in [0, 0.1) is 0 Å². The number of ketones is 1. The fourth-order valence-corrected chi connectivity index (χ4v) is 2.64. The van der Waals surface area contributed by atoms with Gasteiger partial charge >= 0.3 is 6.09 Å². The van der Waals surface area contributed by atoms with E-state index >= 15 is 0 Å². The van der Waals surface area contributed by atoms with Crippen molar-refractivity contribution in [1.29, 1.82) is 0 Å². The number of ether oxygens (including phenoxy) is 1. The predicted molar refractivity (Wildman–Crippen MR) is 93.6 cm³/mol. The fraction of sp³-hybridized carbons (Fsp3) is 0.333. The van der Waals surface area contributed by atoms with Crippen LogP contribution in [-0.4, -0.2) is 35.1 Å². The summed E-state index contributed by atoms with van der Waals surface area (Å²) in [6, 6.07) is 6.44. The Hall–Kier alpha value is -3.16. The molecule has 0 aromatic heterocycles. The molecule has 1 unspecified atom stereocenters. The minimum Gasteiger partial charge on any atom is -0.433 e. The molecule has 1 aromatic rings. The highest BCUT2D eigenvalue weighted by molar-refractivity contribution is 6.12. The highest BCUT2D eigenvalue weighted by atomic mass is 16.6. The Bertz CT molecular complexity index is 709. The van der Waals surface area contributed by atoms with Gasteiger partial charge in [0, 0.05) is 36.4 Å². The number of hydrogen-bond acceptors (Lipinski definition) is 6. The lowest BCUT2D eigenvalue weighted by Gasteiger charge is -2.16. The third-order valence-electron chi connectivity index (χ3n) is 3.97. The summed E-state index contributed by atoms with van der Waals surface area (Å²) in [6.45, 7) is 0.317. The summed E-state index contributed by atoms with van der Waals surface area (Å²) in [5.41, 5.74) is 11.7. The normalized spacial score (nSPS) is 14.5. The number of rotatable bonds is 9. The first kappa shape index (κ1) is 19.2. The van der Waals surface area contributed by atoms with Crippen LogP contribution < -0.4 is 11.5 Å². The molecule has 8 nitrogen and oxygen atoms in total. The van der Waals surface area contributed by atoms with E-state index < -0.39 is 12.2 Å². The Morgan fingerprint density at radius 2 is 1.62 bits per heavy atom. The van der Waals surface area contributed by atoms with Gasteiger partial charge in [-0.25, -0.2) is 4.79 Å². The van der Waals surface area contributed by atoms with Crippen LogP contribution in [-0.2, 0) is 19.1 Å². The first-order valence-electron chi connectivity index (χ1n) is 8.26. The Morgan fingerprint density at radius 3 is 2.19 bits per heavy atom. The molecule has 1 aliphatic rings. The molecule has 2 rings (SSSR count). The van der Waals surface area contributed by atoms with Gasteiger partial charge < -0.3 is 16.2 Å². The van der Waals surface area contributed by atoms with E-state index in [1.54, 1.807) is 24.3 Å². The number of nitrogen functional groups attached to an aromatic ring is 1. The number of nitrogens with zero attached hydrogens (tertiary/aromatic N) is 1. The number of anilines is 1. The topological polar surface area (TPSA) is 133 Å². The summed E-state index contributed by atoms with van der Waals surface area (Å²) in [4.78, 5) is 47.5. The lowest BCUT2D eigenvalue weighted by Crippen LogP contribution is -2.30. The van der Waals surface area contributed by atoms with Crippen molar-refractivity contribution in [3.63, 3.8) is 0 Å². The van der Waals surface area contributed by atoms with Crippen molar-refractivity contribution in [3.8, 4) is 0 Å². The molecule has 1 atom stereocenters. The van der Waals surface area contributed by atoms with Crippen molar-refractivity contribution in [1.82, 2.24) is 4.90 Å². The van der Waals surface area contributed by atoms with Gasteiger partial charge in [0.1, 0.15) is 0 Å². The van der Waals surface area contributed by atoms with Gasteiger partial charge in [-0.15, -0.1) is 0 Å². The molecule has 26 heavy (non-hydrogen) atoms. The van der Waals surface area contributed by atoms with E-state index in [0.717, 1.165) is 4.90 Å². The summed E-state index contributed by atoms with van der Waals surface area (Å²) in [6.07, 6.45) is 2.34. The first-order valence-corrected chi connectivity index (χ1v) is 8.26. The van der Waals surface area contributed by atoms with Crippen LogP contribution in [0.5, 0.6) is 0 Å². The SMILES string of the molecule is NC(=O)OC(C(=O)CCCCCN1C(=O)C=CC1=O)c1ccc(N)cc1. The third-order valence-corrected chi connectivity index (χ3v) is 3.97. The number of imide groups is 1. The zero-order valence-corrected chi connectivity index (χ0v) is 14.2. The lowest BCUT2D eigenvalue weighted by atomic mass is 10.0. The Kier molecular flexibility index (Phi) is 6.48. The Morgan fingerprint density at radius 1 is 1.00 bits per heavy atom. The minimum absolute atomic E-state index is 0.183. The second-order valence-electron chi connectivity index (χ2n) is 5.92. The number of Topliss-reactive ketones (excluding diaryl/α,β-unsaturated/α-hetero) is 1. The molecule has 0 fully saturated rings. The second kappa shape index (κ2) is 8.80. The van der Waals surface area contributed by atoms with E-state index in [-0.39, 0.29) is 24.0 Å². The number of benzene rings is 1. The maximum atomic E-state index is 12.4. The van der Waals surface area contributed by atoms with Crippen LogP contribution in [0.2, 0.25) is 0 Å². The lowest BCUT2D eigenvalue weighted by molar-refractivity contribution is -0.137. The summed E-state index contributed by atoms with van der Waals surface area (Å²) in [7, 11) is 0. The zero-order chi connectivity index (χ0) is 19.1. The van der Waals surface area contributed by atoms with Gasteiger partial charge in [-0.05, 0) is 25.0 Å². The van der Waals surface area contributed by atoms with Gasteiger partial charge in [-0.3, -0.25) is 19.3 Å². The molecule has 1 aliphatic heterocycles. The Labute approximate surface area is 150 Å². The van der Waals surface area contributed by atoms with E-state index in [2.05, 4.69) is 0 Å². The van der Waals surface area contributed by atoms with Crippen molar-refractivity contribution in [3.05, 3.63) is 42.0 Å². The summed E-state index contributed by atoms with van der Waals surface area (Å²) in [5.74, 6) is -0.905. The van der Waals surface area contributed by atoms with Crippen molar-refractivity contribution in [2.45, 2.75) is 31.8 Å². The van der Waals surface area contributed by atoms with Gasteiger partial charge in [0.05, 0.1) is 0 Å². The van der Waals surface area contributed by atoms with Gasteiger partial charge in [-0.2, -0.15) is 0 Å². The van der Waals surface area contributed by atoms with E-state index in [0.29, 0.717) is 37.1 Å². The molecule has 0 radical (unpaired) electrons. The molecule has 0 bridgehead atoms. The summed E-state index contributed by atoms with van der Waals surface area (Å²) >= 11 is 0. The van der Waals surface area contributed by atoms with Gasteiger partial charge in [0.25, 0.3) is 11.8 Å². The van der Waals surface area contributed by atoms with E-state index in [1.165, 1.54) is 12.2 Å². The largest absolute Gasteiger partial charge is 0.433 e. The maximum absolute atomic E-state index is 12.4. The fourth-order valence-electron chi connectivity index (χ4n) is 2.64. The molecule has 3 amide bonds. The number of primary amides is 1. The smallest absolute Gasteiger partial charge is 0.405 e. The summed E-state index contributed by atoms with van der Waals surface area (Å²) in [5, 5.41) is 0. The van der Waals surface area contributed by atoms with Crippen molar-refractivity contribution >= 4 is 29.4 Å². The molecule has 1 heterocycles. The number of hydrogen-bond donors (Lipinski definition) is 2. The third kappa shape index (κ3) is 5.17. The average molecular weight is 359 g/mol. The van der Waals surface area contributed by atoms with Crippen LogP contribution >= 0.6 is 0 Å².